The molecular weight excluding hydrogens is 352 g/mol. The van der Waals surface area contributed by atoms with E-state index in [-0.39, 0.29) is 23.5 Å². The average Bonchev–Trinajstić information content (AvgIpc) is 3.32. The first kappa shape index (κ1) is 17.8. The molecule has 1 spiro atoms. The van der Waals surface area contributed by atoms with Crippen molar-refractivity contribution in [3.8, 4) is 0 Å². The third-order valence-electron chi connectivity index (χ3n) is 5.98. The highest BCUT2D eigenvalue weighted by Crippen LogP contribution is 2.40. The molecule has 0 aromatic heterocycles. The van der Waals surface area contributed by atoms with E-state index < -0.39 is 0 Å². The maximum absolute atomic E-state index is 12.7. The molecule has 3 aliphatic heterocycles. The van der Waals surface area contributed by atoms with Crippen molar-refractivity contribution < 1.29 is 14.3 Å². The van der Waals surface area contributed by atoms with Gasteiger partial charge in [0.25, 0.3) is 11.8 Å². The number of benzene rings is 1. The molecule has 0 bridgehead atoms. The molecule has 0 saturated carbocycles. The molecular formula is C20H25ClN2O3. The smallest absolute Gasteiger partial charge is 0.253 e. The molecule has 140 valence electrons. The van der Waals surface area contributed by atoms with E-state index >= 15 is 0 Å². The molecule has 6 heteroatoms. The third-order valence-corrected chi connectivity index (χ3v) is 6.22. The standard InChI is InChI=1S/C20H25ClN2O3/c21-16-5-3-4-15(14-16)18(24)23-12-8-20(9-13-23)7-6-17(26-20)19(25)22-10-1-2-11-22/h3-5,14,17H,1-2,6-13H2. The van der Waals surface area contributed by atoms with E-state index in [0.717, 1.165) is 51.6 Å². The van der Waals surface area contributed by atoms with Gasteiger partial charge in [0.1, 0.15) is 6.10 Å². The molecule has 3 fully saturated rings. The lowest BCUT2D eigenvalue weighted by Crippen LogP contribution is -2.47. The molecule has 26 heavy (non-hydrogen) atoms. The number of carbonyl (C=O) groups is 2. The fourth-order valence-corrected chi connectivity index (χ4v) is 4.61. The predicted octanol–water partition coefficient (Wildman–Crippen LogP) is 3.12. The van der Waals surface area contributed by atoms with Crippen molar-refractivity contribution in [3.05, 3.63) is 34.9 Å². The molecule has 1 atom stereocenters. The van der Waals surface area contributed by atoms with Crippen molar-refractivity contribution in [2.75, 3.05) is 26.2 Å². The highest BCUT2D eigenvalue weighted by Gasteiger charge is 2.46. The van der Waals surface area contributed by atoms with Gasteiger partial charge in [-0.25, -0.2) is 0 Å². The van der Waals surface area contributed by atoms with Crippen LogP contribution in [0, 0.1) is 0 Å². The largest absolute Gasteiger partial charge is 0.362 e. The Balaban J connectivity index is 1.34. The monoisotopic (exact) mass is 376 g/mol. The van der Waals surface area contributed by atoms with Crippen LogP contribution in [-0.4, -0.2) is 59.5 Å². The van der Waals surface area contributed by atoms with Gasteiger partial charge in [-0.1, -0.05) is 17.7 Å². The predicted molar refractivity (Wildman–Crippen MR) is 99.2 cm³/mol. The van der Waals surface area contributed by atoms with Crippen LogP contribution in [0.3, 0.4) is 0 Å². The summed E-state index contributed by atoms with van der Waals surface area (Å²) in [5.41, 5.74) is 0.397. The summed E-state index contributed by atoms with van der Waals surface area (Å²) in [4.78, 5) is 29.1. The number of nitrogens with zero attached hydrogens (tertiary/aromatic N) is 2. The van der Waals surface area contributed by atoms with Crippen molar-refractivity contribution in [2.45, 2.75) is 50.2 Å². The van der Waals surface area contributed by atoms with E-state index in [4.69, 9.17) is 16.3 Å². The minimum Gasteiger partial charge on any atom is -0.362 e. The van der Waals surface area contributed by atoms with Crippen molar-refractivity contribution in [1.29, 1.82) is 0 Å². The van der Waals surface area contributed by atoms with Gasteiger partial charge in [0.05, 0.1) is 5.60 Å². The van der Waals surface area contributed by atoms with Gasteiger partial charge in [-0.05, 0) is 56.7 Å². The van der Waals surface area contributed by atoms with Gasteiger partial charge in [-0.3, -0.25) is 9.59 Å². The maximum atomic E-state index is 12.7. The summed E-state index contributed by atoms with van der Waals surface area (Å²) in [5.74, 6) is 0.182. The lowest BCUT2D eigenvalue weighted by molar-refractivity contribution is -0.149. The lowest BCUT2D eigenvalue weighted by atomic mass is 9.88. The second-order valence-corrected chi connectivity index (χ2v) is 8.10. The Bertz CT molecular complexity index is 694. The molecule has 5 nitrogen and oxygen atoms in total. The van der Waals surface area contributed by atoms with Gasteiger partial charge in [-0.15, -0.1) is 0 Å². The van der Waals surface area contributed by atoms with Crippen LogP contribution in [0.25, 0.3) is 0 Å². The van der Waals surface area contributed by atoms with Crippen molar-refractivity contribution >= 4 is 23.4 Å². The van der Waals surface area contributed by atoms with E-state index in [0.29, 0.717) is 23.7 Å². The summed E-state index contributed by atoms with van der Waals surface area (Å²) in [6.45, 7) is 3.06. The van der Waals surface area contributed by atoms with E-state index in [9.17, 15) is 9.59 Å². The number of piperidine rings is 1. The number of likely N-dealkylation sites (tertiary alicyclic amines) is 2. The first-order valence-corrected chi connectivity index (χ1v) is 9.96. The maximum Gasteiger partial charge on any atom is 0.253 e. The topological polar surface area (TPSA) is 49.9 Å². The van der Waals surface area contributed by atoms with E-state index in [1.54, 1.807) is 24.3 Å². The third kappa shape index (κ3) is 3.47. The minimum atomic E-state index is -0.289. The number of hydrogen-bond acceptors (Lipinski definition) is 3. The van der Waals surface area contributed by atoms with E-state index in [1.165, 1.54) is 0 Å². The van der Waals surface area contributed by atoms with Gasteiger partial charge in [0.15, 0.2) is 0 Å². The number of amides is 2. The van der Waals surface area contributed by atoms with Crippen LogP contribution in [0.1, 0.15) is 48.9 Å². The molecule has 3 heterocycles. The molecule has 2 amide bonds. The van der Waals surface area contributed by atoms with Gasteiger partial charge in [-0.2, -0.15) is 0 Å². The van der Waals surface area contributed by atoms with Gasteiger partial charge >= 0.3 is 0 Å². The Kier molecular flexibility index (Phi) is 4.93. The summed E-state index contributed by atoms with van der Waals surface area (Å²) in [6.07, 6.45) is 5.22. The second kappa shape index (κ2) is 7.20. The normalized spacial score (nSPS) is 25.0. The fraction of sp³-hybridized carbons (Fsp3) is 0.600. The number of rotatable bonds is 2. The highest BCUT2D eigenvalue weighted by molar-refractivity contribution is 6.30. The molecule has 1 aromatic rings. The van der Waals surface area contributed by atoms with Crippen LogP contribution in [0.2, 0.25) is 5.02 Å². The zero-order chi connectivity index (χ0) is 18.1. The number of halogens is 1. The van der Waals surface area contributed by atoms with Gasteiger partial charge in [0.2, 0.25) is 0 Å². The molecule has 0 N–H and O–H groups in total. The Morgan fingerprint density at radius 2 is 1.77 bits per heavy atom. The zero-order valence-corrected chi connectivity index (χ0v) is 15.7. The SMILES string of the molecule is O=C(c1cccc(Cl)c1)N1CCC2(CCC(C(=O)N3CCCC3)O2)CC1. The molecule has 0 radical (unpaired) electrons. The van der Waals surface area contributed by atoms with Gasteiger partial charge in [0, 0.05) is 36.8 Å². The Morgan fingerprint density at radius 3 is 2.46 bits per heavy atom. The molecule has 3 saturated heterocycles. The lowest BCUT2D eigenvalue weighted by Gasteiger charge is -2.39. The summed E-state index contributed by atoms with van der Waals surface area (Å²) >= 11 is 6.00. The average molecular weight is 377 g/mol. The fourth-order valence-electron chi connectivity index (χ4n) is 4.42. The molecule has 4 rings (SSSR count). The zero-order valence-electron chi connectivity index (χ0n) is 15.0. The quantitative estimate of drug-likeness (QED) is 0.796. The summed E-state index contributed by atoms with van der Waals surface area (Å²) in [6, 6.07) is 7.09. The van der Waals surface area contributed by atoms with Crippen LogP contribution in [0.15, 0.2) is 24.3 Å². The number of ether oxygens (including phenoxy) is 1. The molecule has 3 aliphatic rings. The van der Waals surface area contributed by atoms with Crippen molar-refractivity contribution in [3.63, 3.8) is 0 Å². The second-order valence-electron chi connectivity index (χ2n) is 7.66. The summed E-state index contributed by atoms with van der Waals surface area (Å²) < 4.78 is 6.27. The van der Waals surface area contributed by atoms with Crippen LogP contribution in [-0.2, 0) is 9.53 Å². The highest BCUT2D eigenvalue weighted by atomic mass is 35.5. The van der Waals surface area contributed by atoms with Crippen molar-refractivity contribution in [1.82, 2.24) is 9.80 Å². The van der Waals surface area contributed by atoms with Crippen LogP contribution in [0.5, 0.6) is 0 Å². The minimum absolute atomic E-state index is 0.0186. The molecule has 1 unspecified atom stereocenters. The Morgan fingerprint density at radius 1 is 1.04 bits per heavy atom. The van der Waals surface area contributed by atoms with E-state index in [2.05, 4.69) is 0 Å². The number of carbonyl (C=O) groups excluding carboxylic acids is 2. The summed E-state index contributed by atoms with van der Waals surface area (Å²) in [5, 5.41) is 0.576. The Hall–Kier alpha value is -1.59. The molecule has 1 aromatic carbocycles. The first-order chi connectivity index (χ1) is 12.6. The summed E-state index contributed by atoms with van der Waals surface area (Å²) in [7, 11) is 0. The first-order valence-electron chi connectivity index (χ1n) is 9.58. The van der Waals surface area contributed by atoms with E-state index in [1.807, 2.05) is 9.80 Å². The van der Waals surface area contributed by atoms with Crippen LogP contribution >= 0.6 is 11.6 Å². The molecule has 0 aliphatic carbocycles. The number of hydrogen-bond donors (Lipinski definition) is 0. The van der Waals surface area contributed by atoms with Gasteiger partial charge < -0.3 is 14.5 Å². The Labute approximate surface area is 159 Å². The van der Waals surface area contributed by atoms with Crippen LogP contribution < -0.4 is 0 Å². The van der Waals surface area contributed by atoms with Crippen LogP contribution in [0.4, 0.5) is 0 Å². The van der Waals surface area contributed by atoms with Crippen molar-refractivity contribution in [2.24, 2.45) is 0 Å².